The lowest BCUT2D eigenvalue weighted by molar-refractivity contribution is 0.107. The lowest BCUT2D eigenvalue weighted by Crippen LogP contribution is -2.24. The van der Waals surface area contributed by atoms with Crippen LogP contribution in [-0.2, 0) is 17.8 Å². The van der Waals surface area contributed by atoms with Crippen LogP contribution in [-0.4, -0.2) is 12.6 Å². The van der Waals surface area contributed by atoms with E-state index in [9.17, 15) is 0 Å². The number of nitrogens with two attached hydrogens (primary N) is 1. The Morgan fingerprint density at radius 2 is 2.00 bits per heavy atom. The zero-order valence-electron chi connectivity index (χ0n) is 9.70. The third kappa shape index (κ3) is 4.45. The molecule has 1 aromatic carbocycles. The summed E-state index contributed by atoms with van der Waals surface area (Å²) in [7, 11) is 0. The van der Waals surface area contributed by atoms with Gasteiger partial charge in [-0.1, -0.05) is 38.1 Å². The maximum absolute atomic E-state index is 5.77. The average molecular weight is 207 g/mol. The second kappa shape index (κ2) is 6.59. The summed E-state index contributed by atoms with van der Waals surface area (Å²) in [5, 5.41) is 0. The van der Waals surface area contributed by atoms with Gasteiger partial charge in [0.05, 0.1) is 13.2 Å². The first-order valence-electron chi connectivity index (χ1n) is 5.67. The summed E-state index contributed by atoms with van der Waals surface area (Å²) in [4.78, 5) is 0. The number of hydrogen-bond donors (Lipinski definition) is 1. The molecule has 0 saturated heterocycles. The van der Waals surface area contributed by atoms with Crippen LogP contribution in [0, 0.1) is 0 Å². The van der Waals surface area contributed by atoms with Crippen LogP contribution in [0.15, 0.2) is 24.3 Å². The molecule has 2 heteroatoms. The normalized spacial score (nSPS) is 12.7. The summed E-state index contributed by atoms with van der Waals surface area (Å²) < 4.78 is 5.55. The van der Waals surface area contributed by atoms with Gasteiger partial charge < -0.3 is 10.5 Å². The van der Waals surface area contributed by atoms with Crippen LogP contribution in [0.2, 0.25) is 0 Å². The van der Waals surface area contributed by atoms with Crippen LogP contribution >= 0.6 is 0 Å². The number of hydrogen-bond acceptors (Lipinski definition) is 2. The molecule has 2 N–H and O–H groups in total. The number of benzene rings is 1. The smallest absolute Gasteiger partial charge is 0.0717 e. The Hall–Kier alpha value is -0.860. The van der Waals surface area contributed by atoms with Crippen molar-refractivity contribution in [2.24, 2.45) is 5.73 Å². The summed E-state index contributed by atoms with van der Waals surface area (Å²) in [5.41, 5.74) is 8.36. The summed E-state index contributed by atoms with van der Waals surface area (Å²) in [6.07, 6.45) is 2.04. The lowest BCUT2D eigenvalue weighted by Gasteiger charge is -2.10. The third-order valence-electron chi connectivity index (χ3n) is 2.52. The first-order valence-corrected chi connectivity index (χ1v) is 5.67. The van der Waals surface area contributed by atoms with Crippen molar-refractivity contribution in [3.05, 3.63) is 35.4 Å². The highest BCUT2D eigenvalue weighted by Gasteiger charge is 1.99. The second-order valence-electron chi connectivity index (χ2n) is 3.86. The lowest BCUT2D eigenvalue weighted by atomic mass is 10.1. The van der Waals surface area contributed by atoms with Gasteiger partial charge in [-0.25, -0.2) is 0 Å². The predicted molar refractivity (Wildman–Crippen MR) is 63.7 cm³/mol. The molecule has 0 fully saturated rings. The largest absolute Gasteiger partial charge is 0.375 e. The summed E-state index contributed by atoms with van der Waals surface area (Å²) in [6.45, 7) is 5.55. The fourth-order valence-corrected chi connectivity index (χ4v) is 1.39. The van der Waals surface area contributed by atoms with Gasteiger partial charge in [0.1, 0.15) is 0 Å². The molecule has 0 saturated carbocycles. The summed E-state index contributed by atoms with van der Waals surface area (Å²) in [5.74, 6) is 0. The van der Waals surface area contributed by atoms with Crippen molar-refractivity contribution in [3.8, 4) is 0 Å². The van der Waals surface area contributed by atoms with Crippen molar-refractivity contribution in [1.82, 2.24) is 0 Å². The third-order valence-corrected chi connectivity index (χ3v) is 2.52. The molecule has 84 valence electrons. The van der Waals surface area contributed by atoms with E-state index >= 15 is 0 Å². The minimum atomic E-state index is 0.166. The Morgan fingerprint density at radius 3 is 2.67 bits per heavy atom. The molecule has 0 heterocycles. The van der Waals surface area contributed by atoms with Crippen molar-refractivity contribution >= 4 is 0 Å². The van der Waals surface area contributed by atoms with Gasteiger partial charge in [-0.05, 0) is 24.0 Å². The van der Waals surface area contributed by atoms with Crippen molar-refractivity contribution in [2.45, 2.75) is 39.3 Å². The maximum Gasteiger partial charge on any atom is 0.0717 e. The van der Waals surface area contributed by atoms with Gasteiger partial charge >= 0.3 is 0 Å². The molecule has 0 aromatic heterocycles. The van der Waals surface area contributed by atoms with Crippen molar-refractivity contribution in [2.75, 3.05) is 6.61 Å². The molecule has 1 aromatic rings. The maximum atomic E-state index is 5.77. The Kier molecular flexibility index (Phi) is 5.37. The quantitative estimate of drug-likeness (QED) is 0.778. The molecule has 2 nitrogen and oxygen atoms in total. The number of rotatable bonds is 6. The van der Waals surface area contributed by atoms with Gasteiger partial charge in [-0.2, -0.15) is 0 Å². The highest BCUT2D eigenvalue weighted by atomic mass is 16.5. The van der Waals surface area contributed by atoms with Crippen LogP contribution in [0.1, 0.15) is 31.4 Å². The average Bonchev–Trinajstić information content (AvgIpc) is 2.29. The summed E-state index contributed by atoms with van der Waals surface area (Å²) >= 11 is 0. The highest BCUT2D eigenvalue weighted by molar-refractivity contribution is 5.22. The summed E-state index contributed by atoms with van der Waals surface area (Å²) in [6, 6.07) is 8.67. The van der Waals surface area contributed by atoms with E-state index in [4.69, 9.17) is 10.5 Å². The Balaban J connectivity index is 2.37. The van der Waals surface area contributed by atoms with E-state index in [2.05, 4.69) is 38.1 Å². The molecule has 0 spiro atoms. The van der Waals surface area contributed by atoms with E-state index in [0.29, 0.717) is 13.2 Å². The first kappa shape index (κ1) is 12.2. The molecule has 1 rings (SSSR count). The molecule has 0 aliphatic heterocycles. The van der Waals surface area contributed by atoms with Gasteiger partial charge in [-0.3, -0.25) is 0 Å². The first-order chi connectivity index (χ1) is 7.26. The fourth-order valence-electron chi connectivity index (χ4n) is 1.39. The van der Waals surface area contributed by atoms with Gasteiger partial charge in [0.15, 0.2) is 0 Å². The molecule has 1 atom stereocenters. The van der Waals surface area contributed by atoms with Crippen molar-refractivity contribution in [1.29, 1.82) is 0 Å². The molecule has 0 amide bonds. The van der Waals surface area contributed by atoms with Gasteiger partial charge in [0.2, 0.25) is 0 Å². The Morgan fingerprint density at radius 1 is 1.27 bits per heavy atom. The van der Waals surface area contributed by atoms with Crippen LogP contribution in [0.25, 0.3) is 0 Å². The van der Waals surface area contributed by atoms with Crippen molar-refractivity contribution < 1.29 is 4.74 Å². The second-order valence-corrected chi connectivity index (χ2v) is 3.86. The fraction of sp³-hybridized carbons (Fsp3) is 0.538. The Labute approximate surface area is 92.4 Å². The van der Waals surface area contributed by atoms with Crippen molar-refractivity contribution in [3.63, 3.8) is 0 Å². The molecule has 0 bridgehead atoms. The van der Waals surface area contributed by atoms with Crippen LogP contribution in [0.3, 0.4) is 0 Å². The number of aryl methyl sites for hydroxylation is 1. The van der Waals surface area contributed by atoms with Crippen LogP contribution < -0.4 is 5.73 Å². The molecule has 1 unspecified atom stereocenters. The van der Waals surface area contributed by atoms with E-state index in [1.165, 1.54) is 11.1 Å². The van der Waals surface area contributed by atoms with E-state index in [-0.39, 0.29) is 6.04 Å². The standard InChI is InChI=1S/C13H21NO/c1-3-11-6-5-7-12(8-11)9-15-10-13(14)4-2/h5-8,13H,3-4,9-10,14H2,1-2H3. The van der Waals surface area contributed by atoms with E-state index in [0.717, 1.165) is 12.8 Å². The van der Waals surface area contributed by atoms with Crippen LogP contribution in [0.5, 0.6) is 0 Å². The molecule has 15 heavy (non-hydrogen) atoms. The van der Waals surface area contributed by atoms with Gasteiger partial charge in [0, 0.05) is 6.04 Å². The minimum Gasteiger partial charge on any atom is -0.375 e. The SMILES string of the molecule is CCc1cccc(COCC(N)CC)c1. The monoisotopic (exact) mass is 207 g/mol. The van der Waals surface area contributed by atoms with E-state index in [1.807, 2.05) is 0 Å². The molecular weight excluding hydrogens is 186 g/mol. The van der Waals surface area contributed by atoms with E-state index < -0.39 is 0 Å². The molecule has 0 aliphatic rings. The zero-order valence-corrected chi connectivity index (χ0v) is 9.70. The zero-order chi connectivity index (χ0) is 11.1. The number of ether oxygens (including phenoxy) is 1. The predicted octanol–water partition coefficient (Wildman–Crippen LogP) is 2.50. The highest BCUT2D eigenvalue weighted by Crippen LogP contribution is 2.07. The topological polar surface area (TPSA) is 35.2 Å². The van der Waals surface area contributed by atoms with Crippen LogP contribution in [0.4, 0.5) is 0 Å². The van der Waals surface area contributed by atoms with Gasteiger partial charge in [0.25, 0.3) is 0 Å². The minimum absolute atomic E-state index is 0.166. The molecular formula is C13H21NO. The van der Waals surface area contributed by atoms with Gasteiger partial charge in [-0.15, -0.1) is 0 Å². The Bertz CT molecular complexity index is 286. The molecule has 0 aliphatic carbocycles. The van der Waals surface area contributed by atoms with E-state index in [1.54, 1.807) is 0 Å². The molecule has 0 radical (unpaired) electrons.